The monoisotopic (exact) mass is 333 g/mol. The van der Waals surface area contributed by atoms with Gasteiger partial charge in [-0.2, -0.15) is 5.10 Å². The third-order valence-electron chi connectivity index (χ3n) is 5.73. The molecule has 1 aromatic heterocycles. The fourth-order valence-corrected chi connectivity index (χ4v) is 3.76. The van der Waals surface area contributed by atoms with Crippen LogP contribution in [-0.2, 0) is 36.2 Å². The van der Waals surface area contributed by atoms with Crippen molar-refractivity contribution in [1.29, 1.82) is 0 Å². The third kappa shape index (κ3) is 3.22. The van der Waals surface area contributed by atoms with E-state index in [4.69, 9.17) is 4.74 Å². The van der Waals surface area contributed by atoms with Crippen LogP contribution in [0.1, 0.15) is 55.5 Å². The highest BCUT2D eigenvalue weighted by Crippen LogP contribution is 2.35. The summed E-state index contributed by atoms with van der Waals surface area (Å²) in [6.07, 6.45) is 6.19. The Hall–Kier alpha value is -1.40. The van der Waals surface area contributed by atoms with Crippen molar-refractivity contribution in [3.05, 3.63) is 17.0 Å². The molecular formula is C18H27N3O3. The van der Waals surface area contributed by atoms with E-state index in [0.29, 0.717) is 19.7 Å². The van der Waals surface area contributed by atoms with Crippen LogP contribution in [0.3, 0.4) is 0 Å². The summed E-state index contributed by atoms with van der Waals surface area (Å²) in [5.74, 6) is 0.808. The van der Waals surface area contributed by atoms with E-state index >= 15 is 0 Å². The number of nitrogens with zero attached hydrogens (tertiary/aromatic N) is 3. The predicted molar refractivity (Wildman–Crippen MR) is 88.1 cm³/mol. The average molecular weight is 333 g/mol. The zero-order valence-electron chi connectivity index (χ0n) is 14.5. The molecule has 2 aliphatic carbocycles. The first kappa shape index (κ1) is 16.1. The van der Waals surface area contributed by atoms with Crippen LogP contribution in [0.25, 0.3) is 0 Å². The van der Waals surface area contributed by atoms with Gasteiger partial charge in [0.15, 0.2) is 0 Å². The average Bonchev–Trinajstić information content (AvgIpc) is 3.30. The highest BCUT2D eigenvalue weighted by Gasteiger charge is 2.38. The molecule has 2 fully saturated rings. The molecule has 0 spiro atoms. The number of hydrogen-bond donors (Lipinski definition) is 1. The number of rotatable bonds is 6. The summed E-state index contributed by atoms with van der Waals surface area (Å²) in [5.41, 5.74) is 2.58. The van der Waals surface area contributed by atoms with Gasteiger partial charge in [-0.05, 0) is 38.0 Å². The molecular weight excluding hydrogens is 306 g/mol. The molecule has 0 aromatic carbocycles. The minimum absolute atomic E-state index is 0.0663. The van der Waals surface area contributed by atoms with Gasteiger partial charge in [-0.15, -0.1) is 0 Å². The smallest absolute Gasteiger partial charge is 0.225 e. The number of aliphatic hydroxyl groups is 1. The van der Waals surface area contributed by atoms with Gasteiger partial charge in [0.25, 0.3) is 0 Å². The Balaban J connectivity index is 1.41. The molecule has 1 aliphatic heterocycles. The fourth-order valence-electron chi connectivity index (χ4n) is 3.76. The first-order chi connectivity index (χ1) is 11.5. The van der Waals surface area contributed by atoms with Gasteiger partial charge in [0, 0.05) is 44.4 Å². The second kappa shape index (κ2) is 6.15. The third-order valence-corrected chi connectivity index (χ3v) is 5.73. The first-order valence-corrected chi connectivity index (χ1v) is 9.16. The van der Waals surface area contributed by atoms with Crippen LogP contribution in [0.2, 0.25) is 0 Å². The summed E-state index contributed by atoms with van der Waals surface area (Å²) in [6, 6.07) is 0. The zero-order valence-corrected chi connectivity index (χ0v) is 14.5. The molecule has 3 aliphatic rings. The molecule has 1 amide bonds. The lowest BCUT2D eigenvalue weighted by molar-refractivity contribution is -0.141. The molecule has 1 N–H and O–H groups in total. The first-order valence-electron chi connectivity index (χ1n) is 9.16. The normalized spacial score (nSPS) is 22.2. The minimum Gasteiger partial charge on any atom is -0.389 e. The van der Waals surface area contributed by atoms with Crippen LogP contribution in [0.5, 0.6) is 0 Å². The number of carbonyl (C=O) groups is 1. The van der Waals surface area contributed by atoms with Crippen molar-refractivity contribution in [2.24, 2.45) is 13.0 Å². The quantitative estimate of drug-likeness (QED) is 0.857. The van der Waals surface area contributed by atoms with E-state index < -0.39 is 5.60 Å². The van der Waals surface area contributed by atoms with E-state index in [0.717, 1.165) is 49.5 Å². The Morgan fingerprint density at radius 2 is 2.21 bits per heavy atom. The van der Waals surface area contributed by atoms with Crippen molar-refractivity contribution < 1.29 is 14.6 Å². The summed E-state index contributed by atoms with van der Waals surface area (Å²) in [6.45, 7) is 2.66. The number of ether oxygens (including phenoxy) is 1. The van der Waals surface area contributed by atoms with Crippen LogP contribution in [0, 0.1) is 5.92 Å². The van der Waals surface area contributed by atoms with Crippen LogP contribution < -0.4 is 0 Å². The second-order valence-corrected chi connectivity index (χ2v) is 7.77. The summed E-state index contributed by atoms with van der Waals surface area (Å²) in [7, 11) is 1.97. The highest BCUT2D eigenvalue weighted by molar-refractivity contribution is 5.77. The molecule has 2 saturated carbocycles. The number of carbonyl (C=O) groups excluding carboxylic acids is 1. The van der Waals surface area contributed by atoms with Crippen LogP contribution in [0.15, 0.2) is 0 Å². The van der Waals surface area contributed by atoms with E-state index in [1.807, 2.05) is 16.6 Å². The summed E-state index contributed by atoms with van der Waals surface area (Å²) in [5, 5.41) is 14.9. The maximum atomic E-state index is 12.6. The summed E-state index contributed by atoms with van der Waals surface area (Å²) >= 11 is 0. The van der Waals surface area contributed by atoms with Crippen molar-refractivity contribution in [2.45, 2.75) is 63.7 Å². The lowest BCUT2D eigenvalue weighted by Crippen LogP contribution is -2.45. The van der Waals surface area contributed by atoms with Crippen molar-refractivity contribution >= 4 is 5.91 Å². The van der Waals surface area contributed by atoms with Crippen LogP contribution >= 0.6 is 0 Å². The summed E-state index contributed by atoms with van der Waals surface area (Å²) in [4.78, 5) is 14.4. The van der Waals surface area contributed by atoms with Gasteiger partial charge in [0.1, 0.15) is 0 Å². The Labute approximate surface area is 142 Å². The van der Waals surface area contributed by atoms with E-state index in [1.54, 1.807) is 0 Å². The molecule has 0 radical (unpaired) electrons. The lowest BCUT2D eigenvalue weighted by atomic mass is 9.77. The Morgan fingerprint density at radius 1 is 1.42 bits per heavy atom. The number of fused-ring (bicyclic) bond motifs is 1. The molecule has 0 bridgehead atoms. The van der Waals surface area contributed by atoms with Crippen molar-refractivity contribution in [3.8, 4) is 0 Å². The van der Waals surface area contributed by atoms with Gasteiger partial charge in [-0.25, -0.2) is 0 Å². The highest BCUT2D eigenvalue weighted by atomic mass is 16.5. The number of aromatic nitrogens is 2. The Bertz CT molecular complexity index is 632. The van der Waals surface area contributed by atoms with E-state index in [9.17, 15) is 9.90 Å². The molecule has 0 atom stereocenters. The SMILES string of the molecule is Cn1nc(COCC2CC2)c2c1CCN(C(=O)CC1(O)CCC1)C2. The largest absolute Gasteiger partial charge is 0.389 e. The Morgan fingerprint density at radius 3 is 2.88 bits per heavy atom. The molecule has 1 aromatic rings. The fraction of sp³-hybridized carbons (Fsp3) is 0.778. The van der Waals surface area contributed by atoms with E-state index in [-0.39, 0.29) is 12.3 Å². The molecule has 2 heterocycles. The molecule has 4 rings (SSSR count). The molecule has 6 heteroatoms. The minimum atomic E-state index is -0.748. The van der Waals surface area contributed by atoms with Crippen LogP contribution in [-0.4, -0.2) is 44.4 Å². The standard InChI is InChI=1S/C18H27N3O3/c1-20-16-5-8-21(17(22)9-18(23)6-2-7-18)10-14(16)15(19-20)12-24-11-13-3-4-13/h13,23H,2-12H2,1H3. The molecule has 0 unspecified atom stereocenters. The van der Waals surface area contributed by atoms with Gasteiger partial charge in [0.2, 0.25) is 5.91 Å². The van der Waals surface area contributed by atoms with Gasteiger partial charge >= 0.3 is 0 Å². The Kier molecular flexibility index (Phi) is 4.12. The van der Waals surface area contributed by atoms with Gasteiger partial charge in [-0.3, -0.25) is 9.48 Å². The number of amides is 1. The maximum absolute atomic E-state index is 12.6. The topological polar surface area (TPSA) is 67.6 Å². The predicted octanol–water partition coefficient (Wildman–Crippen LogP) is 1.54. The van der Waals surface area contributed by atoms with Crippen molar-refractivity contribution in [2.75, 3.05) is 13.2 Å². The van der Waals surface area contributed by atoms with Gasteiger partial charge in [-0.1, -0.05) is 0 Å². The van der Waals surface area contributed by atoms with Gasteiger partial charge < -0.3 is 14.7 Å². The maximum Gasteiger partial charge on any atom is 0.225 e. The lowest BCUT2D eigenvalue weighted by Gasteiger charge is -2.38. The molecule has 132 valence electrons. The molecule has 6 nitrogen and oxygen atoms in total. The number of hydrogen-bond acceptors (Lipinski definition) is 4. The zero-order chi connectivity index (χ0) is 16.7. The van der Waals surface area contributed by atoms with E-state index in [2.05, 4.69) is 5.10 Å². The second-order valence-electron chi connectivity index (χ2n) is 7.77. The summed E-state index contributed by atoms with van der Waals surface area (Å²) < 4.78 is 7.74. The van der Waals surface area contributed by atoms with E-state index in [1.165, 1.54) is 18.5 Å². The van der Waals surface area contributed by atoms with Crippen LogP contribution in [0.4, 0.5) is 0 Å². The van der Waals surface area contributed by atoms with Gasteiger partial charge in [0.05, 0.1) is 24.3 Å². The molecule has 24 heavy (non-hydrogen) atoms. The van der Waals surface area contributed by atoms with Crippen molar-refractivity contribution in [3.63, 3.8) is 0 Å². The van der Waals surface area contributed by atoms with Crippen molar-refractivity contribution in [1.82, 2.24) is 14.7 Å². The number of aryl methyl sites for hydroxylation is 1. The molecule has 0 saturated heterocycles.